The Labute approximate surface area is 103 Å². The average molecular weight is 244 g/mol. The maximum Gasteiger partial charge on any atom is 0.0975 e. The van der Waals surface area contributed by atoms with Gasteiger partial charge in [-0.3, -0.25) is 10.4 Å². The van der Waals surface area contributed by atoms with E-state index in [1.54, 1.807) is 36.4 Å². The lowest BCUT2D eigenvalue weighted by atomic mass is 10.1. The summed E-state index contributed by atoms with van der Waals surface area (Å²) < 4.78 is 0. The molecule has 0 aromatic heterocycles. The fraction of sp³-hybridized carbons (Fsp3) is 0. The molecule has 6 N–H and O–H groups in total. The van der Waals surface area contributed by atoms with E-state index < -0.39 is 0 Å². The van der Waals surface area contributed by atoms with Gasteiger partial charge >= 0.3 is 0 Å². The minimum atomic E-state index is 0.399. The lowest BCUT2D eigenvalue weighted by Gasteiger charge is -2.33. The molecule has 0 saturated heterocycles. The van der Waals surface area contributed by atoms with E-state index in [4.69, 9.17) is 11.5 Å². The van der Waals surface area contributed by atoms with Crippen molar-refractivity contribution in [3.8, 4) is 0 Å². The lowest BCUT2D eigenvalue weighted by molar-refractivity contribution is 0.273. The molecule has 0 amide bonds. The zero-order valence-electron chi connectivity index (χ0n) is 9.41. The molecule has 18 heavy (non-hydrogen) atoms. The Morgan fingerprint density at radius 3 is 1.50 bits per heavy atom. The van der Waals surface area contributed by atoms with Crippen molar-refractivity contribution >= 4 is 34.1 Å². The third-order valence-corrected chi connectivity index (χ3v) is 2.91. The number of nitrogen functional groups attached to an aromatic ring is 2. The van der Waals surface area contributed by atoms with Gasteiger partial charge in [-0.2, -0.15) is 0 Å². The summed E-state index contributed by atoms with van der Waals surface area (Å²) in [6, 6.07) is 9.71. The van der Waals surface area contributed by atoms with Crippen molar-refractivity contribution < 1.29 is 10.4 Å². The van der Waals surface area contributed by atoms with Gasteiger partial charge in [-0.15, -0.1) is 0 Å². The highest BCUT2D eigenvalue weighted by atomic mass is 16.5. The van der Waals surface area contributed by atoms with Crippen LogP contribution in [0.5, 0.6) is 0 Å². The Kier molecular flexibility index (Phi) is 2.09. The van der Waals surface area contributed by atoms with Gasteiger partial charge in [0.25, 0.3) is 0 Å². The molecule has 0 bridgehead atoms. The number of fused-ring (bicyclic) bond motifs is 2. The van der Waals surface area contributed by atoms with Gasteiger partial charge in [0.15, 0.2) is 0 Å². The largest absolute Gasteiger partial charge is 0.399 e. The third kappa shape index (κ3) is 1.37. The minimum Gasteiger partial charge on any atom is -0.399 e. The SMILES string of the molecule is Nc1ccc2c(c1)N(O)c1cc(N)ccc1N2O. The zero-order valence-corrected chi connectivity index (χ0v) is 9.41. The van der Waals surface area contributed by atoms with Gasteiger partial charge in [-0.05, 0) is 36.4 Å². The van der Waals surface area contributed by atoms with E-state index in [-0.39, 0.29) is 0 Å². The zero-order chi connectivity index (χ0) is 12.9. The molecule has 1 aliphatic rings. The number of anilines is 6. The van der Waals surface area contributed by atoms with E-state index in [0.29, 0.717) is 34.1 Å². The summed E-state index contributed by atoms with van der Waals surface area (Å²) >= 11 is 0. The third-order valence-electron chi connectivity index (χ3n) is 2.91. The molecule has 0 fully saturated rings. The van der Waals surface area contributed by atoms with Crippen molar-refractivity contribution in [2.75, 3.05) is 21.6 Å². The fourth-order valence-corrected chi connectivity index (χ4v) is 2.04. The Morgan fingerprint density at radius 2 is 1.06 bits per heavy atom. The van der Waals surface area contributed by atoms with Gasteiger partial charge < -0.3 is 11.5 Å². The van der Waals surface area contributed by atoms with Crippen molar-refractivity contribution in [1.29, 1.82) is 0 Å². The molecule has 1 aliphatic heterocycles. The van der Waals surface area contributed by atoms with Crippen LogP contribution in [0.3, 0.4) is 0 Å². The summed E-state index contributed by atoms with van der Waals surface area (Å²) in [6.07, 6.45) is 0. The minimum absolute atomic E-state index is 0.399. The molecule has 3 rings (SSSR count). The standard InChI is InChI=1S/C12H12N4O2/c13-7-1-3-9-11(5-7)16(18)12-6-8(14)2-4-10(12)15(9)17/h1-6,17-18H,13-14H2. The van der Waals surface area contributed by atoms with Crippen molar-refractivity contribution in [3.63, 3.8) is 0 Å². The molecule has 1 heterocycles. The van der Waals surface area contributed by atoms with Crippen molar-refractivity contribution in [2.45, 2.75) is 0 Å². The fourth-order valence-electron chi connectivity index (χ4n) is 2.04. The number of benzene rings is 2. The maximum atomic E-state index is 10.2. The first-order valence-electron chi connectivity index (χ1n) is 5.35. The summed E-state index contributed by atoms with van der Waals surface area (Å²) in [5.74, 6) is 0. The lowest BCUT2D eigenvalue weighted by Crippen LogP contribution is -2.25. The first-order chi connectivity index (χ1) is 8.58. The van der Waals surface area contributed by atoms with Gasteiger partial charge in [0.2, 0.25) is 0 Å². The highest BCUT2D eigenvalue weighted by molar-refractivity contribution is 5.92. The quantitative estimate of drug-likeness (QED) is 0.530. The van der Waals surface area contributed by atoms with E-state index >= 15 is 0 Å². The van der Waals surface area contributed by atoms with Crippen LogP contribution in [0.25, 0.3) is 0 Å². The number of hydrogen-bond acceptors (Lipinski definition) is 6. The molecule has 0 aliphatic carbocycles. The maximum absolute atomic E-state index is 10.2. The normalized spacial score (nSPS) is 13.2. The van der Waals surface area contributed by atoms with Crippen LogP contribution >= 0.6 is 0 Å². The number of nitrogens with two attached hydrogens (primary N) is 2. The van der Waals surface area contributed by atoms with E-state index in [1.807, 2.05) is 0 Å². The van der Waals surface area contributed by atoms with Gasteiger partial charge in [0.05, 0.1) is 22.7 Å². The second kappa shape index (κ2) is 3.52. The molecule has 0 saturated carbocycles. The van der Waals surface area contributed by atoms with Gasteiger partial charge in [0, 0.05) is 11.4 Å². The molecule has 0 radical (unpaired) electrons. The molecule has 2 aromatic rings. The van der Waals surface area contributed by atoms with E-state index in [1.165, 1.54) is 0 Å². The molecular formula is C12H12N4O2. The van der Waals surface area contributed by atoms with Crippen LogP contribution in [-0.4, -0.2) is 10.4 Å². The molecule has 6 nitrogen and oxygen atoms in total. The Hall–Kier alpha value is -2.44. The molecule has 6 heteroatoms. The number of rotatable bonds is 0. The highest BCUT2D eigenvalue weighted by Gasteiger charge is 2.27. The predicted molar refractivity (Wildman–Crippen MR) is 69.6 cm³/mol. The van der Waals surface area contributed by atoms with Crippen LogP contribution < -0.4 is 21.6 Å². The van der Waals surface area contributed by atoms with Crippen molar-refractivity contribution in [3.05, 3.63) is 36.4 Å². The number of nitrogens with zero attached hydrogens (tertiary/aromatic N) is 2. The molecule has 2 aromatic carbocycles. The van der Waals surface area contributed by atoms with Crippen molar-refractivity contribution in [1.82, 2.24) is 0 Å². The van der Waals surface area contributed by atoms with Crippen LogP contribution in [0.1, 0.15) is 0 Å². The average Bonchev–Trinajstić information content (AvgIpc) is 2.35. The number of hydrogen-bond donors (Lipinski definition) is 4. The molecular weight excluding hydrogens is 232 g/mol. The summed E-state index contributed by atoms with van der Waals surface area (Å²) in [6.45, 7) is 0. The van der Waals surface area contributed by atoms with Gasteiger partial charge in [-0.25, -0.2) is 10.1 Å². The second-order valence-corrected chi connectivity index (χ2v) is 4.12. The molecule has 0 spiro atoms. The van der Waals surface area contributed by atoms with Gasteiger partial charge in [-0.1, -0.05) is 0 Å². The van der Waals surface area contributed by atoms with E-state index in [9.17, 15) is 10.4 Å². The van der Waals surface area contributed by atoms with Crippen LogP contribution in [0, 0.1) is 0 Å². The molecule has 0 atom stereocenters. The predicted octanol–water partition coefficient (Wildman–Crippen LogP) is 2.22. The van der Waals surface area contributed by atoms with E-state index in [2.05, 4.69) is 0 Å². The van der Waals surface area contributed by atoms with Crippen molar-refractivity contribution in [2.24, 2.45) is 0 Å². The molecule has 0 unspecified atom stereocenters. The van der Waals surface area contributed by atoms with Gasteiger partial charge in [0.1, 0.15) is 0 Å². The first kappa shape index (κ1) is 10.7. The topological polar surface area (TPSA) is 99.0 Å². The van der Waals surface area contributed by atoms with Crippen LogP contribution in [0.4, 0.5) is 34.1 Å². The summed E-state index contributed by atoms with van der Waals surface area (Å²) in [7, 11) is 0. The highest BCUT2D eigenvalue weighted by Crippen LogP contribution is 2.47. The van der Waals surface area contributed by atoms with Crippen LogP contribution in [-0.2, 0) is 0 Å². The van der Waals surface area contributed by atoms with E-state index in [0.717, 1.165) is 10.1 Å². The monoisotopic (exact) mass is 244 g/mol. The smallest absolute Gasteiger partial charge is 0.0975 e. The first-order valence-corrected chi connectivity index (χ1v) is 5.35. The molecule has 92 valence electrons. The second-order valence-electron chi connectivity index (χ2n) is 4.12. The van der Waals surface area contributed by atoms with Crippen LogP contribution in [0.2, 0.25) is 0 Å². The summed E-state index contributed by atoms with van der Waals surface area (Å²) in [4.78, 5) is 0. The summed E-state index contributed by atoms with van der Waals surface area (Å²) in [5, 5.41) is 22.3. The van der Waals surface area contributed by atoms with Crippen LogP contribution in [0.15, 0.2) is 36.4 Å². The summed E-state index contributed by atoms with van der Waals surface area (Å²) in [5.41, 5.74) is 14.0. The Balaban J connectivity index is 2.25. The Morgan fingerprint density at radius 1 is 0.667 bits per heavy atom. The Bertz CT molecular complexity index is 576.